The Morgan fingerprint density at radius 1 is 1.14 bits per heavy atom. The molecule has 0 bridgehead atoms. The summed E-state index contributed by atoms with van der Waals surface area (Å²) in [7, 11) is 0. The Morgan fingerprint density at radius 2 is 1.77 bits per heavy atom. The molecule has 0 unspecified atom stereocenters. The Labute approximate surface area is 138 Å². The lowest BCUT2D eigenvalue weighted by atomic mass is 9.96. The first-order chi connectivity index (χ1) is 9.84. The van der Waals surface area contributed by atoms with E-state index in [-0.39, 0.29) is 30.8 Å². The van der Waals surface area contributed by atoms with Gasteiger partial charge in [0.2, 0.25) is 11.8 Å². The molecule has 22 heavy (non-hydrogen) atoms. The molecule has 0 fully saturated rings. The van der Waals surface area contributed by atoms with Crippen LogP contribution >= 0.6 is 12.4 Å². The predicted octanol–water partition coefficient (Wildman–Crippen LogP) is 2.32. The first kappa shape index (κ1) is 20.4. The molecule has 124 valence electrons. The van der Waals surface area contributed by atoms with Crippen molar-refractivity contribution in [1.29, 1.82) is 0 Å². The molecule has 6 heteroatoms. The van der Waals surface area contributed by atoms with Crippen molar-refractivity contribution >= 4 is 29.9 Å². The zero-order valence-electron chi connectivity index (χ0n) is 13.7. The maximum absolute atomic E-state index is 11.9. The van der Waals surface area contributed by atoms with Gasteiger partial charge in [-0.25, -0.2) is 0 Å². The number of hydrogen-bond donors (Lipinski definition) is 3. The number of amides is 2. The zero-order chi connectivity index (χ0) is 15.9. The van der Waals surface area contributed by atoms with Crippen LogP contribution in [0.4, 0.5) is 5.69 Å². The Hall–Kier alpha value is -1.59. The lowest BCUT2D eigenvalue weighted by molar-refractivity contribution is -0.130. The summed E-state index contributed by atoms with van der Waals surface area (Å²) in [6.45, 7) is 9.00. The highest BCUT2D eigenvalue weighted by molar-refractivity contribution is 5.95. The molecule has 0 aliphatic carbocycles. The van der Waals surface area contributed by atoms with Gasteiger partial charge < -0.3 is 16.0 Å². The third-order valence-corrected chi connectivity index (χ3v) is 2.95. The lowest BCUT2D eigenvalue weighted by Gasteiger charge is -2.17. The van der Waals surface area contributed by atoms with Gasteiger partial charge in [-0.15, -0.1) is 12.4 Å². The average Bonchev–Trinajstić information content (AvgIpc) is 2.42. The molecule has 0 saturated heterocycles. The normalized spacial score (nSPS) is 10.5. The smallest absolute Gasteiger partial charge is 0.243 e. The van der Waals surface area contributed by atoms with E-state index in [1.165, 1.54) is 0 Å². The fraction of sp³-hybridized carbons (Fsp3) is 0.500. The second-order valence-corrected chi connectivity index (χ2v) is 5.92. The number of anilines is 1. The molecule has 0 aliphatic heterocycles. The Bertz CT molecular complexity index is 498. The molecular formula is C16H26ClN3O2. The monoisotopic (exact) mass is 327 g/mol. The van der Waals surface area contributed by atoms with Crippen LogP contribution in [0, 0.1) is 5.41 Å². The fourth-order valence-electron chi connectivity index (χ4n) is 1.68. The quantitative estimate of drug-likeness (QED) is 0.751. The van der Waals surface area contributed by atoms with Gasteiger partial charge in [-0.3, -0.25) is 9.59 Å². The summed E-state index contributed by atoms with van der Waals surface area (Å²) < 4.78 is 0. The first-order valence-corrected chi connectivity index (χ1v) is 7.21. The van der Waals surface area contributed by atoms with Crippen molar-refractivity contribution in [2.24, 2.45) is 5.41 Å². The highest BCUT2D eigenvalue weighted by Crippen LogP contribution is 2.15. The van der Waals surface area contributed by atoms with E-state index in [0.717, 1.165) is 17.8 Å². The average molecular weight is 328 g/mol. The first-order valence-electron chi connectivity index (χ1n) is 7.21. The molecule has 0 atom stereocenters. The maximum atomic E-state index is 11.9. The van der Waals surface area contributed by atoms with Gasteiger partial charge in [-0.1, -0.05) is 45.9 Å². The van der Waals surface area contributed by atoms with E-state index in [2.05, 4.69) is 16.0 Å². The Balaban J connectivity index is 0.00000441. The summed E-state index contributed by atoms with van der Waals surface area (Å²) in [6.07, 6.45) is 0. The maximum Gasteiger partial charge on any atom is 0.243 e. The van der Waals surface area contributed by atoms with Gasteiger partial charge in [0.15, 0.2) is 0 Å². The Kier molecular flexibility index (Phi) is 8.75. The van der Waals surface area contributed by atoms with E-state index < -0.39 is 5.41 Å². The van der Waals surface area contributed by atoms with Crippen molar-refractivity contribution in [3.63, 3.8) is 0 Å². The summed E-state index contributed by atoms with van der Waals surface area (Å²) in [5.74, 6) is -0.366. The fourth-order valence-corrected chi connectivity index (χ4v) is 1.68. The van der Waals surface area contributed by atoms with Crippen LogP contribution in [0.2, 0.25) is 0 Å². The molecule has 1 aromatic rings. The molecule has 0 aromatic heterocycles. The largest absolute Gasteiger partial charge is 0.347 e. The van der Waals surface area contributed by atoms with Crippen LogP contribution in [0.15, 0.2) is 24.3 Å². The number of halogens is 1. The number of benzene rings is 1. The van der Waals surface area contributed by atoms with E-state index in [1.807, 2.05) is 52.0 Å². The number of hydrogen-bond acceptors (Lipinski definition) is 3. The summed E-state index contributed by atoms with van der Waals surface area (Å²) in [4.78, 5) is 23.7. The summed E-state index contributed by atoms with van der Waals surface area (Å²) in [5, 5.41) is 8.70. The second-order valence-electron chi connectivity index (χ2n) is 5.92. The zero-order valence-corrected chi connectivity index (χ0v) is 14.5. The minimum Gasteiger partial charge on any atom is -0.347 e. The van der Waals surface area contributed by atoms with Gasteiger partial charge >= 0.3 is 0 Å². The molecule has 1 rings (SSSR count). The third-order valence-electron chi connectivity index (χ3n) is 2.95. The third kappa shape index (κ3) is 6.91. The molecule has 0 heterocycles. The highest BCUT2D eigenvalue weighted by Gasteiger charge is 2.21. The van der Waals surface area contributed by atoms with E-state index in [4.69, 9.17) is 0 Å². The van der Waals surface area contributed by atoms with E-state index in [1.54, 1.807) is 0 Å². The van der Waals surface area contributed by atoms with Gasteiger partial charge in [0.1, 0.15) is 0 Å². The van der Waals surface area contributed by atoms with Crippen molar-refractivity contribution in [2.45, 2.75) is 34.2 Å². The molecule has 0 saturated carbocycles. The minimum absolute atomic E-state index is 0. The van der Waals surface area contributed by atoms with Crippen LogP contribution in [0.25, 0.3) is 0 Å². The van der Waals surface area contributed by atoms with Crippen molar-refractivity contribution in [3.8, 4) is 0 Å². The second kappa shape index (κ2) is 9.43. The van der Waals surface area contributed by atoms with Crippen LogP contribution in [-0.4, -0.2) is 24.9 Å². The number of carbonyl (C=O) groups is 2. The summed E-state index contributed by atoms with van der Waals surface area (Å²) >= 11 is 0. The van der Waals surface area contributed by atoms with E-state index in [0.29, 0.717) is 6.54 Å². The lowest BCUT2D eigenvalue weighted by Crippen LogP contribution is -2.39. The summed E-state index contributed by atoms with van der Waals surface area (Å²) in [5.41, 5.74) is 1.30. The number of carbonyl (C=O) groups excluding carboxylic acids is 2. The molecule has 0 radical (unpaired) electrons. The standard InChI is InChI=1S/C16H25N3O2.ClH/c1-5-17-10-12-8-6-7-9-13(12)19-14(20)11-18-15(21)16(2,3)4;/h6-9,17H,5,10-11H2,1-4H3,(H,18,21)(H,19,20);1H. The predicted molar refractivity (Wildman–Crippen MR) is 92.2 cm³/mol. The molecule has 1 aromatic carbocycles. The minimum atomic E-state index is -0.497. The van der Waals surface area contributed by atoms with Gasteiger partial charge in [0.25, 0.3) is 0 Å². The molecule has 3 N–H and O–H groups in total. The van der Waals surface area contributed by atoms with Gasteiger partial charge in [0.05, 0.1) is 6.54 Å². The van der Waals surface area contributed by atoms with Crippen LogP contribution in [0.3, 0.4) is 0 Å². The molecule has 0 aliphatic rings. The van der Waals surface area contributed by atoms with Crippen LogP contribution in [0.1, 0.15) is 33.3 Å². The van der Waals surface area contributed by atoms with Crippen molar-refractivity contribution in [1.82, 2.24) is 10.6 Å². The van der Waals surface area contributed by atoms with Gasteiger partial charge in [-0.2, -0.15) is 0 Å². The Morgan fingerprint density at radius 3 is 2.36 bits per heavy atom. The highest BCUT2D eigenvalue weighted by atomic mass is 35.5. The number of nitrogens with one attached hydrogen (secondary N) is 3. The molecule has 2 amide bonds. The molecular weight excluding hydrogens is 302 g/mol. The molecule has 5 nitrogen and oxygen atoms in total. The number of rotatable bonds is 6. The van der Waals surface area contributed by atoms with Gasteiger partial charge in [-0.05, 0) is 18.2 Å². The number of para-hydroxylation sites is 1. The van der Waals surface area contributed by atoms with Crippen LogP contribution < -0.4 is 16.0 Å². The topological polar surface area (TPSA) is 70.2 Å². The summed E-state index contributed by atoms with van der Waals surface area (Å²) in [6, 6.07) is 7.63. The van der Waals surface area contributed by atoms with Crippen molar-refractivity contribution < 1.29 is 9.59 Å². The van der Waals surface area contributed by atoms with Gasteiger partial charge in [0, 0.05) is 17.6 Å². The van der Waals surface area contributed by atoms with Crippen molar-refractivity contribution in [3.05, 3.63) is 29.8 Å². The van der Waals surface area contributed by atoms with Crippen molar-refractivity contribution in [2.75, 3.05) is 18.4 Å². The van der Waals surface area contributed by atoms with Crippen LogP contribution in [0.5, 0.6) is 0 Å². The van der Waals surface area contributed by atoms with Crippen LogP contribution in [-0.2, 0) is 16.1 Å². The molecule has 0 spiro atoms. The SMILES string of the molecule is CCNCc1ccccc1NC(=O)CNC(=O)C(C)(C)C.Cl. The van der Waals surface area contributed by atoms with E-state index in [9.17, 15) is 9.59 Å². The van der Waals surface area contributed by atoms with E-state index >= 15 is 0 Å².